The van der Waals surface area contributed by atoms with Crippen LogP contribution in [0.4, 0.5) is 15.3 Å². The van der Waals surface area contributed by atoms with Gasteiger partial charge in [-0.3, -0.25) is 23.9 Å². The van der Waals surface area contributed by atoms with E-state index >= 15 is 0 Å². The van der Waals surface area contributed by atoms with Crippen LogP contribution in [-0.2, 0) is 85.5 Å². The minimum atomic E-state index is -3.68. The minimum absolute atomic E-state index is 0. The van der Waals surface area contributed by atoms with E-state index in [4.69, 9.17) is 92.5 Å². The number of rotatable bonds is 42. The van der Waals surface area contributed by atoms with Gasteiger partial charge in [0, 0.05) is 60.9 Å². The molecule has 0 saturated heterocycles. The van der Waals surface area contributed by atoms with Crippen molar-refractivity contribution < 1.29 is 118 Å². The maximum atomic E-state index is 11.7. The van der Waals surface area contributed by atoms with Gasteiger partial charge in [0.25, 0.3) is 15.8 Å². The molecule has 1 amide bonds. The third-order valence-electron chi connectivity index (χ3n) is 9.59. The lowest BCUT2D eigenvalue weighted by atomic mass is 10.1. The molecule has 482 valence electrons. The lowest BCUT2D eigenvalue weighted by Gasteiger charge is -2.14. The summed E-state index contributed by atoms with van der Waals surface area (Å²) in [6, 6.07) is 9.16. The van der Waals surface area contributed by atoms with E-state index in [9.17, 15) is 42.5 Å². The fourth-order valence-corrected chi connectivity index (χ4v) is 5.93. The third-order valence-corrected chi connectivity index (χ3v) is 10.9. The molecule has 3 unspecified atom stereocenters. The van der Waals surface area contributed by atoms with Crippen LogP contribution in [0.3, 0.4) is 0 Å². The van der Waals surface area contributed by atoms with Crippen molar-refractivity contribution in [1.29, 1.82) is 0 Å². The van der Waals surface area contributed by atoms with Crippen molar-refractivity contribution in [2.45, 2.75) is 82.8 Å². The Hall–Kier alpha value is -5.78. The fourth-order valence-electron chi connectivity index (χ4n) is 5.03. The number of nitro benzene ring substituents is 1. The molecular formula is C52H92N4O26S. The van der Waals surface area contributed by atoms with E-state index in [1.807, 2.05) is 6.92 Å². The number of methoxy groups -OCH3 is 5. The highest BCUT2D eigenvalue weighted by molar-refractivity contribution is 7.86. The zero-order valence-corrected chi connectivity index (χ0v) is 48.9. The third kappa shape index (κ3) is 53.9. The number of alkyl carbamates (subject to hydrolysis) is 1. The normalized spacial score (nSPS) is 11.5. The molecule has 3 atom stereocenters. The molecule has 0 spiro atoms. The Morgan fingerprint density at radius 2 is 0.976 bits per heavy atom. The van der Waals surface area contributed by atoms with Crippen molar-refractivity contribution >= 4 is 46.0 Å². The van der Waals surface area contributed by atoms with Crippen molar-refractivity contribution in [3.05, 3.63) is 64.2 Å². The number of aliphatic carboxylic acids is 3. The number of unbranched alkanes of at least 4 members (excludes halogenated alkanes) is 1. The lowest BCUT2D eigenvalue weighted by Crippen LogP contribution is -2.41. The summed E-state index contributed by atoms with van der Waals surface area (Å²) < 4.78 is 92.4. The van der Waals surface area contributed by atoms with Crippen LogP contribution < -0.4 is 21.5 Å². The van der Waals surface area contributed by atoms with Crippen molar-refractivity contribution in [2.75, 3.05) is 154 Å². The summed E-state index contributed by atoms with van der Waals surface area (Å²) in [7, 11) is 4.20. The smallest absolute Gasteiger partial charge is 0.480 e. The van der Waals surface area contributed by atoms with Crippen molar-refractivity contribution in [2.24, 2.45) is 11.5 Å². The number of nitrogens with zero attached hydrogens (tertiary/aromatic N) is 1. The summed E-state index contributed by atoms with van der Waals surface area (Å²) in [6.45, 7) is 10.3. The first-order valence-electron chi connectivity index (χ1n) is 25.7. The van der Waals surface area contributed by atoms with Crippen LogP contribution in [0.15, 0.2) is 53.4 Å². The average molecular weight is 1220 g/mol. The SMILES string of the molecule is C.CCC(N)C(=O)O.COCCOCCCC(N)C(=O)O.COCCOCCCCC(NC(=O)OCCOCCOC)C(=O)O.COCCOCCOC(=O)Oc1ccc([N+](=O)[O-])cc1.COCCOCCOS(=O)(=O)c1ccc(C)cc1. The molecule has 30 nitrogen and oxygen atoms in total. The summed E-state index contributed by atoms with van der Waals surface area (Å²) in [5, 5.41) is 38.4. The predicted octanol–water partition coefficient (Wildman–Crippen LogP) is 4.08. The van der Waals surface area contributed by atoms with Crippen LogP contribution in [0.5, 0.6) is 5.75 Å². The topological polar surface area (TPSA) is 417 Å². The zero-order valence-electron chi connectivity index (χ0n) is 48.1. The first-order valence-corrected chi connectivity index (χ1v) is 27.1. The van der Waals surface area contributed by atoms with Crippen LogP contribution >= 0.6 is 0 Å². The van der Waals surface area contributed by atoms with E-state index < -0.39 is 63.3 Å². The van der Waals surface area contributed by atoms with E-state index in [0.717, 1.165) is 5.56 Å². The maximum Gasteiger partial charge on any atom is 0.513 e. The fraction of sp³-hybridized carbons (Fsp3) is 0.673. The number of amides is 1. The Morgan fingerprint density at radius 3 is 1.39 bits per heavy atom. The standard InChI is InChI=1S/C15H29NO8.C12H15NO7.C12H18O5S.C8H17NO4.C4H9NO2.CH4/c1-20-7-9-22-6-4-3-5-13(14(17)18)16-15(19)24-12-11-23-10-8-21-2;1-17-6-7-18-8-9-19-12(14)20-11-4-2-10(3-5-11)13(15)16;1-11-3-5-12(6-4-11)18(13,14)17-10-9-16-8-7-15-2;1-12-5-6-13-4-2-3-7(9)8(10)11;1-2-3(5)4(6)7;/h13H,3-12H2,1-2H3,(H,16,19)(H,17,18);2-5H,6-9H2,1H3;3-6H,7-10H2,1-2H3;7H,2-6,9H2,1H3,(H,10,11);3H,2,5H2,1H3,(H,6,7);1H4. The van der Waals surface area contributed by atoms with Gasteiger partial charge in [-0.05, 0) is 69.7 Å². The van der Waals surface area contributed by atoms with Crippen LogP contribution in [0.1, 0.15) is 58.4 Å². The summed E-state index contributed by atoms with van der Waals surface area (Å²) in [5.74, 6) is -2.82. The molecule has 2 aromatic rings. The number of carbonyl (C=O) groups is 5. The minimum Gasteiger partial charge on any atom is -0.480 e. The number of hydrogen-bond acceptors (Lipinski definition) is 25. The Balaban J connectivity index is -0.000000488. The molecule has 2 rings (SSSR count). The van der Waals surface area contributed by atoms with Gasteiger partial charge >= 0.3 is 30.2 Å². The van der Waals surface area contributed by atoms with Crippen molar-refractivity contribution in [3.8, 4) is 5.75 Å². The zero-order chi connectivity index (χ0) is 62.2. The Labute approximate surface area is 487 Å². The second-order valence-electron chi connectivity index (χ2n) is 16.2. The maximum absolute atomic E-state index is 11.7. The Morgan fingerprint density at radius 1 is 0.554 bits per heavy atom. The number of non-ortho nitro benzene ring substituents is 1. The Bertz CT molecular complexity index is 2020. The van der Waals surface area contributed by atoms with Crippen LogP contribution in [-0.4, -0.2) is 231 Å². The number of carboxylic acid groups (broad SMARTS) is 3. The van der Waals surface area contributed by atoms with Gasteiger partial charge in [-0.2, -0.15) is 8.42 Å². The molecule has 0 aliphatic heterocycles. The summed E-state index contributed by atoms with van der Waals surface area (Å²) in [5.41, 5.74) is 11.2. The summed E-state index contributed by atoms with van der Waals surface area (Å²) in [6.07, 6.45) is 1.57. The summed E-state index contributed by atoms with van der Waals surface area (Å²) >= 11 is 0. The molecule has 2 aromatic carbocycles. The average Bonchev–Trinajstić information content (AvgIpc) is 3.45. The molecule has 0 bridgehead atoms. The van der Waals surface area contributed by atoms with E-state index in [2.05, 4.69) is 5.32 Å². The molecule has 0 saturated carbocycles. The van der Waals surface area contributed by atoms with Gasteiger partial charge in [-0.25, -0.2) is 14.4 Å². The predicted molar refractivity (Wildman–Crippen MR) is 300 cm³/mol. The van der Waals surface area contributed by atoms with E-state index in [-0.39, 0.29) is 63.4 Å². The number of carbonyl (C=O) groups excluding carboxylic acids is 2. The second-order valence-corrected chi connectivity index (χ2v) is 17.8. The highest BCUT2D eigenvalue weighted by Gasteiger charge is 2.20. The van der Waals surface area contributed by atoms with Crippen molar-refractivity contribution in [1.82, 2.24) is 5.32 Å². The van der Waals surface area contributed by atoms with Gasteiger partial charge in [0.2, 0.25) is 0 Å². The lowest BCUT2D eigenvalue weighted by molar-refractivity contribution is -0.384. The molecule has 0 aliphatic carbocycles. The van der Waals surface area contributed by atoms with Crippen LogP contribution in [0.2, 0.25) is 0 Å². The van der Waals surface area contributed by atoms with Crippen LogP contribution in [0, 0.1) is 17.0 Å². The molecule has 8 N–H and O–H groups in total. The number of carboxylic acids is 3. The number of ether oxygens (including phenoxy) is 13. The number of benzene rings is 2. The molecular weight excluding hydrogens is 1130 g/mol. The molecule has 0 heterocycles. The molecule has 83 heavy (non-hydrogen) atoms. The number of nitrogens with one attached hydrogen (secondary N) is 1. The van der Waals surface area contributed by atoms with E-state index in [0.29, 0.717) is 118 Å². The number of nitrogens with two attached hydrogens (primary N) is 2. The number of aryl methyl sites for hydroxylation is 1. The Kier molecular flexibility index (Phi) is 58.5. The molecule has 0 fully saturated rings. The molecule has 0 radical (unpaired) electrons. The first kappa shape index (κ1) is 83.7. The van der Waals surface area contributed by atoms with Gasteiger partial charge < -0.3 is 93.7 Å². The van der Waals surface area contributed by atoms with Crippen molar-refractivity contribution in [3.63, 3.8) is 0 Å². The largest absolute Gasteiger partial charge is 0.513 e. The van der Waals surface area contributed by atoms with E-state index in [1.165, 1.54) is 36.4 Å². The molecule has 31 heteroatoms. The first-order chi connectivity index (χ1) is 39.2. The highest BCUT2D eigenvalue weighted by Crippen LogP contribution is 2.18. The van der Waals surface area contributed by atoms with Crippen LogP contribution in [0.25, 0.3) is 0 Å². The van der Waals surface area contributed by atoms with Gasteiger partial charge in [0.05, 0.1) is 102 Å². The highest BCUT2D eigenvalue weighted by atomic mass is 32.2. The summed E-state index contributed by atoms with van der Waals surface area (Å²) in [4.78, 5) is 64.1. The second kappa shape index (κ2) is 58.0. The van der Waals surface area contributed by atoms with E-state index in [1.54, 1.807) is 54.6 Å². The number of hydrogen-bond donors (Lipinski definition) is 6. The quantitative estimate of drug-likeness (QED) is 0.0136. The van der Waals surface area contributed by atoms with Gasteiger partial charge in [-0.1, -0.05) is 32.0 Å². The van der Waals surface area contributed by atoms with Gasteiger partial charge in [-0.15, -0.1) is 0 Å². The number of nitro groups is 1. The van der Waals surface area contributed by atoms with Gasteiger partial charge in [0.15, 0.2) is 0 Å². The molecule has 0 aliphatic rings. The van der Waals surface area contributed by atoms with Gasteiger partial charge in [0.1, 0.15) is 37.1 Å². The molecule has 0 aromatic heterocycles. The monoisotopic (exact) mass is 1220 g/mol.